The molecule has 0 saturated heterocycles. The summed E-state index contributed by atoms with van der Waals surface area (Å²) >= 11 is 13.6. The average molecular weight is 483 g/mol. The first-order valence-electron chi connectivity index (χ1n) is 10.0. The van der Waals surface area contributed by atoms with E-state index < -0.39 is 0 Å². The summed E-state index contributed by atoms with van der Waals surface area (Å²) in [5.41, 5.74) is 3.66. The van der Waals surface area contributed by atoms with Gasteiger partial charge in [-0.2, -0.15) is 0 Å². The van der Waals surface area contributed by atoms with Crippen LogP contribution in [0.2, 0.25) is 10.0 Å². The number of halogens is 2. The maximum Gasteiger partial charge on any atom is 0.234 e. The Kier molecular flexibility index (Phi) is 7.15. The van der Waals surface area contributed by atoms with Crippen molar-refractivity contribution < 1.29 is 4.79 Å². The monoisotopic (exact) mass is 482 g/mol. The molecule has 5 nitrogen and oxygen atoms in total. The summed E-state index contributed by atoms with van der Waals surface area (Å²) in [5, 5.41) is 13.5. The van der Waals surface area contributed by atoms with Crippen molar-refractivity contribution in [3.8, 4) is 17.1 Å². The smallest absolute Gasteiger partial charge is 0.234 e. The molecule has 0 aliphatic heterocycles. The molecule has 0 fully saturated rings. The number of amides is 1. The number of carbonyl (C=O) groups excluding carboxylic acids is 1. The zero-order valence-electron chi connectivity index (χ0n) is 17.3. The van der Waals surface area contributed by atoms with Gasteiger partial charge in [-0.1, -0.05) is 66.2 Å². The highest BCUT2D eigenvalue weighted by Crippen LogP contribution is 2.30. The van der Waals surface area contributed by atoms with Crippen LogP contribution in [0.4, 0.5) is 5.69 Å². The first kappa shape index (κ1) is 22.4. The summed E-state index contributed by atoms with van der Waals surface area (Å²) < 4.78 is 1.90. The number of nitrogens with one attached hydrogen (secondary N) is 1. The van der Waals surface area contributed by atoms with Gasteiger partial charge in [-0.05, 0) is 60.5 Å². The Balaban J connectivity index is 1.57. The van der Waals surface area contributed by atoms with Gasteiger partial charge in [0.15, 0.2) is 11.0 Å². The molecule has 4 aromatic rings. The fraction of sp³-hybridized carbons (Fsp3) is 0.125. The lowest BCUT2D eigenvalue weighted by atomic mass is 10.1. The number of anilines is 1. The van der Waals surface area contributed by atoms with Gasteiger partial charge in [-0.25, -0.2) is 0 Å². The zero-order chi connectivity index (χ0) is 22.5. The molecule has 1 N–H and O–H groups in total. The number of aryl methyl sites for hydroxylation is 1. The molecule has 0 unspecified atom stereocenters. The van der Waals surface area contributed by atoms with Crippen molar-refractivity contribution in [1.29, 1.82) is 0 Å². The van der Waals surface area contributed by atoms with Gasteiger partial charge in [0.25, 0.3) is 0 Å². The van der Waals surface area contributed by atoms with Crippen LogP contribution in [-0.4, -0.2) is 26.4 Å². The van der Waals surface area contributed by atoms with E-state index in [1.807, 2.05) is 59.2 Å². The van der Waals surface area contributed by atoms with Gasteiger partial charge in [0.05, 0.1) is 5.75 Å². The van der Waals surface area contributed by atoms with Crippen molar-refractivity contribution in [1.82, 2.24) is 14.8 Å². The molecule has 162 valence electrons. The number of rotatable bonds is 7. The highest BCUT2D eigenvalue weighted by atomic mass is 35.5. The molecule has 0 aliphatic rings. The van der Waals surface area contributed by atoms with Crippen molar-refractivity contribution in [2.75, 3.05) is 11.1 Å². The van der Waals surface area contributed by atoms with Crippen molar-refractivity contribution in [3.63, 3.8) is 0 Å². The predicted octanol–water partition coefficient (Wildman–Crippen LogP) is 6.53. The Morgan fingerprint density at radius 1 is 0.969 bits per heavy atom. The van der Waals surface area contributed by atoms with Crippen LogP contribution in [0.5, 0.6) is 0 Å². The standard InChI is InChI=1S/C24H20Cl2N4OS/c1-2-16-6-10-20(11-7-16)27-22(31)15-32-24-29-28-23(17-4-3-5-19(26)14-17)30(24)21-12-8-18(25)9-13-21/h3-14H,2,15H2,1H3,(H,27,31). The van der Waals surface area contributed by atoms with Gasteiger partial charge >= 0.3 is 0 Å². The quantitative estimate of drug-likeness (QED) is 0.304. The molecular formula is C24H20Cl2N4OS. The fourth-order valence-electron chi connectivity index (χ4n) is 3.15. The highest BCUT2D eigenvalue weighted by molar-refractivity contribution is 7.99. The third-order valence-corrected chi connectivity index (χ3v) is 6.20. The van der Waals surface area contributed by atoms with E-state index in [-0.39, 0.29) is 11.7 Å². The van der Waals surface area contributed by atoms with E-state index in [4.69, 9.17) is 23.2 Å². The summed E-state index contributed by atoms with van der Waals surface area (Å²) in [5.74, 6) is 0.707. The Morgan fingerprint density at radius 2 is 1.72 bits per heavy atom. The fourth-order valence-corrected chi connectivity index (χ4v) is 4.22. The molecule has 1 heterocycles. The first-order chi connectivity index (χ1) is 15.5. The van der Waals surface area contributed by atoms with Crippen LogP contribution in [0.15, 0.2) is 78.0 Å². The minimum Gasteiger partial charge on any atom is -0.325 e. The van der Waals surface area contributed by atoms with Crippen LogP contribution in [0.25, 0.3) is 17.1 Å². The van der Waals surface area contributed by atoms with E-state index in [1.54, 1.807) is 18.2 Å². The van der Waals surface area contributed by atoms with E-state index in [2.05, 4.69) is 22.4 Å². The minimum absolute atomic E-state index is 0.116. The Hall–Kier alpha value is -2.80. The van der Waals surface area contributed by atoms with Gasteiger partial charge in [0.1, 0.15) is 0 Å². The molecule has 0 spiro atoms. The van der Waals surface area contributed by atoms with Crippen molar-refractivity contribution in [2.24, 2.45) is 0 Å². The molecule has 32 heavy (non-hydrogen) atoms. The lowest BCUT2D eigenvalue weighted by Crippen LogP contribution is -2.14. The Morgan fingerprint density at radius 3 is 2.41 bits per heavy atom. The number of hydrogen-bond acceptors (Lipinski definition) is 4. The SMILES string of the molecule is CCc1ccc(NC(=O)CSc2nnc(-c3cccc(Cl)c3)n2-c2ccc(Cl)cc2)cc1. The second-order valence-electron chi connectivity index (χ2n) is 7.02. The van der Waals surface area contributed by atoms with Crippen LogP contribution in [0.1, 0.15) is 12.5 Å². The van der Waals surface area contributed by atoms with Crippen molar-refractivity contribution in [3.05, 3.63) is 88.4 Å². The van der Waals surface area contributed by atoms with E-state index in [9.17, 15) is 4.79 Å². The van der Waals surface area contributed by atoms with Crippen LogP contribution in [-0.2, 0) is 11.2 Å². The first-order valence-corrected chi connectivity index (χ1v) is 11.8. The third kappa shape index (κ3) is 5.33. The molecule has 1 amide bonds. The molecule has 1 aromatic heterocycles. The molecule has 3 aromatic carbocycles. The largest absolute Gasteiger partial charge is 0.325 e. The number of nitrogens with zero attached hydrogens (tertiary/aromatic N) is 3. The molecule has 0 atom stereocenters. The topological polar surface area (TPSA) is 59.8 Å². The molecule has 4 rings (SSSR count). The lowest BCUT2D eigenvalue weighted by Gasteiger charge is -2.11. The summed E-state index contributed by atoms with van der Waals surface area (Å²) in [6.07, 6.45) is 0.958. The lowest BCUT2D eigenvalue weighted by molar-refractivity contribution is -0.113. The van der Waals surface area contributed by atoms with E-state index >= 15 is 0 Å². The summed E-state index contributed by atoms with van der Waals surface area (Å²) in [6, 6.07) is 22.7. The maximum atomic E-state index is 12.5. The summed E-state index contributed by atoms with van der Waals surface area (Å²) in [4.78, 5) is 12.5. The Labute approximate surface area is 200 Å². The van der Waals surface area contributed by atoms with Crippen LogP contribution < -0.4 is 5.32 Å². The molecule has 0 radical (unpaired) electrons. The summed E-state index contributed by atoms with van der Waals surface area (Å²) in [6.45, 7) is 2.10. The van der Waals surface area contributed by atoms with E-state index in [0.29, 0.717) is 21.0 Å². The van der Waals surface area contributed by atoms with E-state index in [0.717, 1.165) is 23.4 Å². The Bertz CT molecular complexity index is 1220. The zero-order valence-corrected chi connectivity index (χ0v) is 19.6. The van der Waals surface area contributed by atoms with Crippen LogP contribution >= 0.6 is 35.0 Å². The molecule has 0 bridgehead atoms. The number of hydrogen-bond donors (Lipinski definition) is 1. The second kappa shape index (κ2) is 10.2. The van der Waals surface area contributed by atoms with Gasteiger partial charge in [-0.3, -0.25) is 9.36 Å². The van der Waals surface area contributed by atoms with Gasteiger partial charge < -0.3 is 5.32 Å². The van der Waals surface area contributed by atoms with Gasteiger partial charge in [0.2, 0.25) is 5.91 Å². The van der Waals surface area contributed by atoms with Crippen LogP contribution in [0.3, 0.4) is 0 Å². The second-order valence-corrected chi connectivity index (χ2v) is 8.83. The predicted molar refractivity (Wildman–Crippen MR) is 132 cm³/mol. The van der Waals surface area contributed by atoms with Gasteiger partial charge in [-0.15, -0.1) is 10.2 Å². The number of thioether (sulfide) groups is 1. The molecule has 0 saturated carbocycles. The number of carbonyl (C=O) groups is 1. The maximum absolute atomic E-state index is 12.5. The summed E-state index contributed by atoms with van der Waals surface area (Å²) in [7, 11) is 0. The third-order valence-electron chi connectivity index (χ3n) is 4.78. The van der Waals surface area contributed by atoms with Gasteiger partial charge in [0, 0.05) is 27.0 Å². The highest BCUT2D eigenvalue weighted by Gasteiger charge is 2.17. The molecule has 0 aliphatic carbocycles. The van der Waals surface area contributed by atoms with Crippen molar-refractivity contribution in [2.45, 2.75) is 18.5 Å². The normalized spacial score (nSPS) is 10.8. The molecule has 8 heteroatoms. The number of aromatic nitrogens is 3. The van der Waals surface area contributed by atoms with Crippen LogP contribution in [0, 0.1) is 0 Å². The minimum atomic E-state index is -0.116. The number of benzene rings is 3. The molecular weight excluding hydrogens is 463 g/mol. The van der Waals surface area contributed by atoms with E-state index in [1.165, 1.54) is 17.3 Å². The van der Waals surface area contributed by atoms with Crippen molar-refractivity contribution >= 4 is 46.6 Å². The average Bonchev–Trinajstić information content (AvgIpc) is 3.23.